The van der Waals surface area contributed by atoms with E-state index >= 15 is 0 Å². The van der Waals surface area contributed by atoms with Crippen LogP contribution in [0.1, 0.15) is 5.56 Å². The van der Waals surface area contributed by atoms with Crippen molar-refractivity contribution < 1.29 is 5.11 Å². The van der Waals surface area contributed by atoms with E-state index in [-0.39, 0.29) is 0 Å². The number of aryl methyl sites for hydroxylation is 1. The molecule has 0 aromatic heterocycles. The van der Waals surface area contributed by atoms with Crippen molar-refractivity contribution in [3.05, 3.63) is 23.8 Å². The Morgan fingerprint density at radius 3 is 2.56 bits per heavy atom. The summed E-state index contributed by atoms with van der Waals surface area (Å²) in [6.45, 7) is 1.88. The number of hydrogen-bond donors (Lipinski definition) is 1. The van der Waals surface area contributed by atoms with Gasteiger partial charge in [-0.15, -0.1) is 9.24 Å². The average molecular weight is 140 g/mol. The van der Waals surface area contributed by atoms with Gasteiger partial charge in [0, 0.05) is 0 Å². The van der Waals surface area contributed by atoms with Crippen LogP contribution in [0.15, 0.2) is 18.2 Å². The third-order valence-corrected chi connectivity index (χ3v) is 1.58. The van der Waals surface area contributed by atoms with E-state index in [2.05, 4.69) is 9.24 Å². The Morgan fingerprint density at radius 1 is 1.44 bits per heavy atom. The highest BCUT2D eigenvalue weighted by molar-refractivity contribution is 7.27. The summed E-state index contributed by atoms with van der Waals surface area (Å²) in [7, 11) is 2.57. The summed E-state index contributed by atoms with van der Waals surface area (Å²) >= 11 is 0. The lowest BCUT2D eigenvalue weighted by atomic mass is 10.2. The van der Waals surface area contributed by atoms with Gasteiger partial charge < -0.3 is 5.11 Å². The second-order valence-corrected chi connectivity index (χ2v) is 2.71. The molecule has 1 rings (SSSR count). The van der Waals surface area contributed by atoms with Crippen LogP contribution in [0.4, 0.5) is 0 Å². The lowest BCUT2D eigenvalue weighted by Crippen LogP contribution is -1.88. The van der Waals surface area contributed by atoms with Crippen molar-refractivity contribution in [1.82, 2.24) is 0 Å². The SMILES string of the molecule is Cc1cc(P)ccc1O. The molecule has 1 N–H and O–H groups in total. The summed E-state index contributed by atoms with van der Waals surface area (Å²) in [5, 5.41) is 10.1. The maximum atomic E-state index is 9.03. The maximum Gasteiger partial charge on any atom is 0.118 e. The minimum Gasteiger partial charge on any atom is -0.508 e. The van der Waals surface area contributed by atoms with Gasteiger partial charge >= 0.3 is 0 Å². The molecule has 2 heteroatoms. The van der Waals surface area contributed by atoms with Crippen LogP contribution in [-0.4, -0.2) is 5.11 Å². The number of phenols is 1. The molecule has 0 radical (unpaired) electrons. The molecule has 9 heavy (non-hydrogen) atoms. The highest BCUT2D eigenvalue weighted by Crippen LogP contribution is 2.12. The van der Waals surface area contributed by atoms with E-state index < -0.39 is 0 Å². The number of hydrogen-bond acceptors (Lipinski definition) is 1. The van der Waals surface area contributed by atoms with Crippen LogP contribution in [0.2, 0.25) is 0 Å². The fourth-order valence-corrected chi connectivity index (χ4v) is 1.02. The van der Waals surface area contributed by atoms with Gasteiger partial charge in [-0.05, 0) is 29.9 Å². The molecule has 1 nitrogen and oxygen atoms in total. The van der Waals surface area contributed by atoms with E-state index in [0.717, 1.165) is 10.9 Å². The Kier molecular flexibility index (Phi) is 1.73. The molecule has 1 unspecified atom stereocenters. The topological polar surface area (TPSA) is 20.2 Å². The second kappa shape index (κ2) is 2.36. The summed E-state index contributed by atoms with van der Waals surface area (Å²) < 4.78 is 0. The number of phenolic OH excluding ortho intramolecular Hbond substituents is 1. The molecule has 0 saturated carbocycles. The quantitative estimate of drug-likeness (QED) is 0.537. The van der Waals surface area contributed by atoms with Crippen LogP contribution < -0.4 is 5.30 Å². The zero-order chi connectivity index (χ0) is 6.85. The van der Waals surface area contributed by atoms with Gasteiger partial charge in [-0.2, -0.15) is 0 Å². The van der Waals surface area contributed by atoms with E-state index in [1.54, 1.807) is 6.07 Å². The Hall–Kier alpha value is -0.550. The van der Waals surface area contributed by atoms with Gasteiger partial charge in [0.2, 0.25) is 0 Å². The molecule has 0 bridgehead atoms. The van der Waals surface area contributed by atoms with Gasteiger partial charge in [0.1, 0.15) is 5.75 Å². The van der Waals surface area contributed by atoms with Crippen LogP contribution in [0.25, 0.3) is 0 Å². The lowest BCUT2D eigenvalue weighted by molar-refractivity contribution is 0.471. The normalized spacial score (nSPS) is 9.56. The summed E-state index contributed by atoms with van der Waals surface area (Å²) in [4.78, 5) is 0. The van der Waals surface area contributed by atoms with Gasteiger partial charge in [-0.1, -0.05) is 6.07 Å². The van der Waals surface area contributed by atoms with Gasteiger partial charge in [0.05, 0.1) is 0 Å². The highest BCUT2D eigenvalue weighted by atomic mass is 31.0. The Balaban J connectivity index is 3.17. The summed E-state index contributed by atoms with van der Waals surface area (Å²) in [5.74, 6) is 0.362. The van der Waals surface area contributed by atoms with Crippen molar-refractivity contribution in [2.24, 2.45) is 0 Å². The fourth-order valence-electron chi connectivity index (χ4n) is 0.679. The number of aromatic hydroxyl groups is 1. The first-order valence-electron chi connectivity index (χ1n) is 2.75. The molecule has 0 aliphatic rings. The lowest BCUT2D eigenvalue weighted by Gasteiger charge is -1.96. The van der Waals surface area contributed by atoms with Crippen molar-refractivity contribution >= 4 is 14.5 Å². The molecule has 1 aromatic carbocycles. The third kappa shape index (κ3) is 1.43. The zero-order valence-corrected chi connectivity index (χ0v) is 6.41. The van der Waals surface area contributed by atoms with Gasteiger partial charge in [-0.3, -0.25) is 0 Å². The van der Waals surface area contributed by atoms with Crippen LogP contribution >= 0.6 is 9.24 Å². The van der Waals surface area contributed by atoms with E-state index in [4.69, 9.17) is 5.11 Å². The molecule has 0 amide bonds. The second-order valence-electron chi connectivity index (χ2n) is 2.05. The van der Waals surface area contributed by atoms with Gasteiger partial charge in [0.15, 0.2) is 0 Å². The monoisotopic (exact) mass is 140 g/mol. The molecule has 0 fully saturated rings. The van der Waals surface area contributed by atoms with Crippen molar-refractivity contribution in [3.8, 4) is 5.75 Å². The third-order valence-electron chi connectivity index (χ3n) is 1.22. The molecular formula is C7H9OP. The predicted octanol–water partition coefficient (Wildman–Crippen LogP) is 1.20. The first-order valence-corrected chi connectivity index (χ1v) is 3.33. The van der Waals surface area contributed by atoms with Crippen LogP contribution in [-0.2, 0) is 0 Å². The molecule has 0 aliphatic heterocycles. The van der Waals surface area contributed by atoms with Crippen LogP contribution in [0.3, 0.4) is 0 Å². The van der Waals surface area contributed by atoms with E-state index in [1.807, 2.05) is 19.1 Å². The summed E-state index contributed by atoms with van der Waals surface area (Å²) in [6.07, 6.45) is 0. The highest BCUT2D eigenvalue weighted by Gasteiger charge is 1.91. The summed E-state index contributed by atoms with van der Waals surface area (Å²) in [5.41, 5.74) is 0.919. The smallest absolute Gasteiger partial charge is 0.118 e. The minimum absolute atomic E-state index is 0.362. The van der Waals surface area contributed by atoms with Gasteiger partial charge in [-0.25, -0.2) is 0 Å². The molecule has 1 aromatic rings. The largest absolute Gasteiger partial charge is 0.508 e. The number of benzene rings is 1. The van der Waals surface area contributed by atoms with Crippen molar-refractivity contribution in [3.63, 3.8) is 0 Å². The average Bonchev–Trinajstić information content (AvgIpc) is 1.80. The number of rotatable bonds is 0. The van der Waals surface area contributed by atoms with Crippen molar-refractivity contribution in [2.75, 3.05) is 0 Å². The molecule has 0 aliphatic carbocycles. The first kappa shape index (κ1) is 6.57. The van der Waals surface area contributed by atoms with E-state index in [1.165, 1.54) is 0 Å². The molecule has 0 spiro atoms. The predicted molar refractivity (Wildman–Crippen MR) is 42.2 cm³/mol. The van der Waals surface area contributed by atoms with Crippen LogP contribution in [0.5, 0.6) is 5.75 Å². The van der Waals surface area contributed by atoms with Crippen molar-refractivity contribution in [1.29, 1.82) is 0 Å². The first-order chi connectivity index (χ1) is 4.20. The molecule has 0 heterocycles. The minimum atomic E-state index is 0.362. The molecule has 48 valence electrons. The van der Waals surface area contributed by atoms with Gasteiger partial charge in [0.25, 0.3) is 0 Å². The zero-order valence-electron chi connectivity index (χ0n) is 5.26. The Morgan fingerprint density at radius 2 is 2.11 bits per heavy atom. The maximum absolute atomic E-state index is 9.03. The molecule has 1 atom stereocenters. The summed E-state index contributed by atoms with van der Waals surface area (Å²) in [6, 6.07) is 5.46. The van der Waals surface area contributed by atoms with E-state index in [9.17, 15) is 0 Å². The van der Waals surface area contributed by atoms with Crippen molar-refractivity contribution in [2.45, 2.75) is 6.92 Å². The van der Waals surface area contributed by atoms with E-state index in [0.29, 0.717) is 5.75 Å². The molecular weight excluding hydrogens is 131 g/mol. The van der Waals surface area contributed by atoms with Crippen LogP contribution in [0, 0.1) is 6.92 Å². The Labute approximate surface area is 56.9 Å². The molecule has 0 saturated heterocycles. The standard InChI is InChI=1S/C7H9OP/c1-5-4-6(9)2-3-7(5)8/h2-4,8H,9H2,1H3. The Bertz CT molecular complexity index is 220. The fraction of sp³-hybridized carbons (Fsp3) is 0.143.